The molecule has 2 aromatic heterocycles. The highest BCUT2D eigenvalue weighted by Crippen LogP contribution is 2.38. The van der Waals surface area contributed by atoms with Gasteiger partial charge >= 0.3 is 0 Å². The fourth-order valence-electron chi connectivity index (χ4n) is 3.33. The summed E-state index contributed by atoms with van der Waals surface area (Å²) in [5.41, 5.74) is 0.851. The number of rotatable bonds is 4. The van der Waals surface area contributed by atoms with Gasteiger partial charge < -0.3 is 9.26 Å². The van der Waals surface area contributed by atoms with Crippen LogP contribution in [0.3, 0.4) is 0 Å². The molecule has 0 unspecified atom stereocenters. The molecule has 2 aromatic rings. The first-order valence-electron chi connectivity index (χ1n) is 7.95. The summed E-state index contributed by atoms with van der Waals surface area (Å²) in [4.78, 5) is 11.3. The maximum Gasteiger partial charge on any atom is 0.244 e. The molecule has 0 N–H and O–H groups in total. The van der Waals surface area contributed by atoms with Gasteiger partial charge in [0, 0.05) is 23.9 Å². The van der Waals surface area contributed by atoms with Crippen molar-refractivity contribution in [1.82, 2.24) is 20.0 Å². The number of nitrogens with zero attached hydrogens (tertiary/aromatic N) is 4. The van der Waals surface area contributed by atoms with Crippen LogP contribution in [0.5, 0.6) is 5.88 Å². The number of hydrogen-bond donors (Lipinski definition) is 0. The molecule has 0 aromatic carbocycles. The van der Waals surface area contributed by atoms with Crippen LogP contribution < -0.4 is 4.74 Å². The fraction of sp³-hybridized carbons (Fsp3) is 0.562. The van der Waals surface area contributed by atoms with Crippen LogP contribution in [0, 0.1) is 0 Å². The molecule has 0 bridgehead atoms. The smallest absolute Gasteiger partial charge is 0.244 e. The van der Waals surface area contributed by atoms with Crippen LogP contribution in [0.4, 0.5) is 0 Å². The minimum atomic E-state index is 0.290. The van der Waals surface area contributed by atoms with Crippen molar-refractivity contribution in [3.05, 3.63) is 24.2 Å². The number of pyridine rings is 1. The molecule has 1 aliphatic heterocycles. The van der Waals surface area contributed by atoms with Gasteiger partial charge in [0.1, 0.15) is 0 Å². The summed E-state index contributed by atoms with van der Waals surface area (Å²) in [6, 6.07) is 4.71. The predicted octanol–water partition coefficient (Wildman–Crippen LogP) is 2.83. The Morgan fingerprint density at radius 2 is 2.14 bits per heavy atom. The van der Waals surface area contributed by atoms with Gasteiger partial charge in [-0.25, -0.2) is 4.98 Å². The summed E-state index contributed by atoms with van der Waals surface area (Å²) in [6.45, 7) is 1.15. The molecule has 6 nitrogen and oxygen atoms in total. The van der Waals surface area contributed by atoms with Crippen molar-refractivity contribution in [3.63, 3.8) is 0 Å². The van der Waals surface area contributed by atoms with Crippen molar-refractivity contribution >= 4 is 0 Å². The summed E-state index contributed by atoms with van der Waals surface area (Å²) < 4.78 is 10.6. The Labute approximate surface area is 129 Å². The van der Waals surface area contributed by atoms with E-state index in [-0.39, 0.29) is 6.04 Å². The van der Waals surface area contributed by atoms with Crippen LogP contribution in [0.25, 0.3) is 11.4 Å². The maximum absolute atomic E-state index is 5.55. The van der Waals surface area contributed by atoms with Gasteiger partial charge in [-0.2, -0.15) is 4.98 Å². The second kappa shape index (κ2) is 5.68. The van der Waals surface area contributed by atoms with Gasteiger partial charge in [-0.05, 0) is 38.3 Å². The molecule has 2 fully saturated rings. The lowest BCUT2D eigenvalue weighted by Crippen LogP contribution is -2.39. The van der Waals surface area contributed by atoms with Gasteiger partial charge in [0.25, 0.3) is 0 Å². The van der Waals surface area contributed by atoms with Gasteiger partial charge in [-0.15, -0.1) is 0 Å². The van der Waals surface area contributed by atoms with Crippen LogP contribution >= 0.6 is 0 Å². The molecule has 116 valence electrons. The maximum atomic E-state index is 5.55. The summed E-state index contributed by atoms with van der Waals surface area (Å²) in [6.07, 6.45) is 7.99. The number of ether oxygens (including phenoxy) is 1. The zero-order valence-electron chi connectivity index (χ0n) is 12.7. The molecular weight excluding hydrogens is 280 g/mol. The highest BCUT2D eigenvalue weighted by Gasteiger charge is 2.37. The summed E-state index contributed by atoms with van der Waals surface area (Å²) >= 11 is 0. The lowest BCUT2D eigenvalue weighted by atomic mass is 9.91. The Hall–Kier alpha value is -1.95. The van der Waals surface area contributed by atoms with Crippen LogP contribution in [0.2, 0.25) is 0 Å². The number of aromatic nitrogens is 3. The third kappa shape index (κ3) is 2.37. The molecule has 3 heterocycles. The van der Waals surface area contributed by atoms with Crippen molar-refractivity contribution in [3.8, 4) is 17.3 Å². The lowest BCUT2D eigenvalue weighted by molar-refractivity contribution is 0.0966. The first kappa shape index (κ1) is 13.7. The van der Waals surface area contributed by atoms with E-state index in [0.29, 0.717) is 17.7 Å². The van der Waals surface area contributed by atoms with Crippen molar-refractivity contribution in [2.24, 2.45) is 0 Å². The van der Waals surface area contributed by atoms with Gasteiger partial charge in [-0.1, -0.05) is 11.6 Å². The molecule has 0 amide bonds. The molecule has 6 heteroatoms. The van der Waals surface area contributed by atoms with E-state index in [2.05, 4.69) is 20.0 Å². The van der Waals surface area contributed by atoms with Crippen LogP contribution in [-0.2, 0) is 0 Å². The molecule has 2 aliphatic rings. The summed E-state index contributed by atoms with van der Waals surface area (Å²) in [7, 11) is 1.60. The van der Waals surface area contributed by atoms with E-state index in [4.69, 9.17) is 9.26 Å². The molecule has 22 heavy (non-hydrogen) atoms. The first-order chi connectivity index (χ1) is 10.8. The van der Waals surface area contributed by atoms with Crippen LogP contribution in [-0.4, -0.2) is 39.7 Å². The standard InChI is InChI=1S/C16H20N4O2/c1-21-14-8-7-11(10-17-14)15-18-16(22-19-15)13-6-3-9-20(13)12-4-2-5-12/h7-8,10,12-13H,2-6,9H2,1H3/t13-/m1/s1. The van der Waals surface area contributed by atoms with Gasteiger partial charge in [0.2, 0.25) is 17.6 Å². The number of hydrogen-bond acceptors (Lipinski definition) is 6. The van der Waals surface area contributed by atoms with E-state index in [1.165, 1.54) is 25.7 Å². The Kier molecular flexibility index (Phi) is 3.54. The van der Waals surface area contributed by atoms with E-state index >= 15 is 0 Å². The quantitative estimate of drug-likeness (QED) is 0.865. The Morgan fingerprint density at radius 3 is 2.82 bits per heavy atom. The third-order valence-electron chi connectivity index (χ3n) is 4.77. The topological polar surface area (TPSA) is 64.3 Å². The monoisotopic (exact) mass is 300 g/mol. The fourth-order valence-corrected chi connectivity index (χ4v) is 3.33. The Morgan fingerprint density at radius 1 is 1.23 bits per heavy atom. The normalized spacial score (nSPS) is 22.7. The molecule has 1 atom stereocenters. The predicted molar refractivity (Wildman–Crippen MR) is 80.4 cm³/mol. The average Bonchev–Trinajstić information content (AvgIpc) is 3.14. The zero-order chi connectivity index (χ0) is 14.9. The summed E-state index contributed by atoms with van der Waals surface area (Å²) in [5.74, 6) is 1.93. The van der Waals surface area contributed by atoms with Gasteiger partial charge in [0.05, 0.1) is 13.2 Å². The van der Waals surface area contributed by atoms with Gasteiger partial charge in [0.15, 0.2) is 0 Å². The second-order valence-electron chi connectivity index (χ2n) is 6.03. The third-order valence-corrected chi connectivity index (χ3v) is 4.77. The van der Waals surface area contributed by atoms with Crippen molar-refractivity contribution in [2.75, 3.05) is 13.7 Å². The largest absolute Gasteiger partial charge is 0.481 e. The van der Waals surface area contributed by atoms with Crippen molar-refractivity contribution in [2.45, 2.75) is 44.2 Å². The molecule has 0 spiro atoms. The molecule has 1 saturated heterocycles. The van der Waals surface area contributed by atoms with Crippen molar-refractivity contribution in [1.29, 1.82) is 0 Å². The highest BCUT2D eigenvalue weighted by molar-refractivity contribution is 5.53. The summed E-state index contributed by atoms with van der Waals surface area (Å²) in [5, 5.41) is 4.13. The first-order valence-corrected chi connectivity index (χ1v) is 7.95. The molecule has 0 radical (unpaired) electrons. The van der Waals surface area contributed by atoms with E-state index in [1.807, 2.05) is 12.1 Å². The van der Waals surface area contributed by atoms with E-state index in [0.717, 1.165) is 24.4 Å². The van der Waals surface area contributed by atoms with E-state index in [1.54, 1.807) is 13.3 Å². The minimum Gasteiger partial charge on any atom is -0.481 e. The SMILES string of the molecule is COc1ccc(-c2noc([C@H]3CCCN3C3CCC3)n2)cn1. The zero-order valence-corrected chi connectivity index (χ0v) is 12.7. The number of methoxy groups -OCH3 is 1. The molecule has 4 rings (SSSR count). The van der Waals surface area contributed by atoms with Crippen LogP contribution in [0.1, 0.15) is 44.0 Å². The minimum absolute atomic E-state index is 0.290. The highest BCUT2D eigenvalue weighted by atomic mass is 16.5. The molecular formula is C16H20N4O2. The van der Waals surface area contributed by atoms with Crippen molar-refractivity contribution < 1.29 is 9.26 Å². The van der Waals surface area contributed by atoms with E-state index < -0.39 is 0 Å². The lowest BCUT2D eigenvalue weighted by Gasteiger charge is -2.37. The number of likely N-dealkylation sites (tertiary alicyclic amines) is 1. The Bertz CT molecular complexity index is 636. The second-order valence-corrected chi connectivity index (χ2v) is 6.03. The van der Waals surface area contributed by atoms with E-state index in [9.17, 15) is 0 Å². The average molecular weight is 300 g/mol. The molecule has 1 saturated carbocycles. The van der Waals surface area contributed by atoms with Gasteiger partial charge in [-0.3, -0.25) is 4.90 Å². The molecule has 1 aliphatic carbocycles. The Balaban J connectivity index is 1.55. The van der Waals surface area contributed by atoms with Crippen LogP contribution in [0.15, 0.2) is 22.9 Å².